The van der Waals surface area contributed by atoms with Gasteiger partial charge in [-0.3, -0.25) is 9.69 Å². The summed E-state index contributed by atoms with van der Waals surface area (Å²) in [5.41, 5.74) is 2.42. The molecule has 3 aromatic rings. The standard InChI is InChI=1S/C28H31F3N3OP/c1-17-20(27(36)26(31)25(30)24(17)29)15-23(35)34(2)28-21(14-13-18-9-5-3-6-10-18)33-22(16-32-28)19-11-7-4-8-12-19/h4,7-8,11-12,16,18H,3,5-6,9-10,13-15,36H2,1-2H3. The Morgan fingerprint density at radius 3 is 2.44 bits per heavy atom. The number of benzene rings is 2. The van der Waals surface area contributed by atoms with E-state index in [9.17, 15) is 18.0 Å². The Morgan fingerprint density at radius 1 is 1.06 bits per heavy atom. The van der Waals surface area contributed by atoms with Crippen LogP contribution in [0.4, 0.5) is 19.0 Å². The average Bonchev–Trinajstić information content (AvgIpc) is 2.92. The number of anilines is 1. The van der Waals surface area contributed by atoms with Crippen LogP contribution in [0, 0.1) is 30.3 Å². The highest BCUT2D eigenvalue weighted by Gasteiger charge is 2.25. The Bertz CT molecular complexity index is 1220. The Labute approximate surface area is 212 Å². The highest BCUT2D eigenvalue weighted by atomic mass is 31.0. The molecule has 1 aliphatic carbocycles. The van der Waals surface area contributed by atoms with E-state index in [0.717, 1.165) is 23.4 Å². The van der Waals surface area contributed by atoms with Crippen molar-refractivity contribution in [2.24, 2.45) is 5.92 Å². The minimum Gasteiger partial charge on any atom is -0.298 e. The van der Waals surface area contributed by atoms with Gasteiger partial charge in [0.1, 0.15) is 0 Å². The Hall–Kier alpha value is -2.79. The number of amides is 1. The van der Waals surface area contributed by atoms with Gasteiger partial charge in [-0.1, -0.05) is 62.4 Å². The van der Waals surface area contributed by atoms with Gasteiger partial charge in [-0.25, -0.2) is 23.1 Å². The van der Waals surface area contributed by atoms with Gasteiger partial charge in [0.25, 0.3) is 0 Å². The van der Waals surface area contributed by atoms with E-state index in [4.69, 9.17) is 4.98 Å². The van der Waals surface area contributed by atoms with E-state index in [-0.39, 0.29) is 22.9 Å². The summed E-state index contributed by atoms with van der Waals surface area (Å²) in [7, 11) is 3.67. The van der Waals surface area contributed by atoms with E-state index in [0.29, 0.717) is 18.2 Å². The van der Waals surface area contributed by atoms with Gasteiger partial charge < -0.3 is 0 Å². The van der Waals surface area contributed by atoms with Crippen molar-refractivity contribution in [2.45, 2.75) is 58.3 Å². The maximum atomic E-state index is 14.2. The smallest absolute Gasteiger partial charge is 0.232 e. The number of hydrogen-bond donors (Lipinski definition) is 0. The van der Waals surface area contributed by atoms with Gasteiger partial charge in [-0.15, -0.1) is 9.24 Å². The molecule has 8 heteroatoms. The SMILES string of the molecule is Cc1c(F)c(F)c(F)c(P)c1CC(=O)N(C)c1ncc(-c2ccccc2)nc1CCC1CCCCC1. The molecule has 4 nitrogen and oxygen atoms in total. The van der Waals surface area contributed by atoms with E-state index in [2.05, 4.69) is 14.2 Å². The predicted molar refractivity (Wildman–Crippen MR) is 140 cm³/mol. The molecular weight excluding hydrogens is 482 g/mol. The number of rotatable bonds is 7. The maximum Gasteiger partial charge on any atom is 0.232 e. The summed E-state index contributed by atoms with van der Waals surface area (Å²) in [5, 5.41) is -0.142. The largest absolute Gasteiger partial charge is 0.298 e. The third-order valence-corrected chi connectivity index (χ3v) is 7.76. The lowest BCUT2D eigenvalue weighted by Gasteiger charge is -2.24. The molecule has 0 aliphatic heterocycles. The summed E-state index contributed by atoms with van der Waals surface area (Å²) in [6.07, 6.45) is 9.16. The van der Waals surface area contributed by atoms with Gasteiger partial charge >= 0.3 is 0 Å². The zero-order chi connectivity index (χ0) is 25.8. The van der Waals surface area contributed by atoms with E-state index in [1.807, 2.05) is 30.3 Å². The number of carbonyl (C=O) groups excluding carboxylic acids is 1. The zero-order valence-corrected chi connectivity index (χ0v) is 21.8. The van der Waals surface area contributed by atoms with Crippen LogP contribution in [0.5, 0.6) is 0 Å². The first kappa shape index (κ1) is 26.3. The predicted octanol–water partition coefficient (Wildman–Crippen LogP) is 6.09. The van der Waals surface area contributed by atoms with Gasteiger partial charge in [0.15, 0.2) is 23.3 Å². The molecule has 1 aliphatic rings. The third kappa shape index (κ3) is 5.62. The van der Waals surface area contributed by atoms with Gasteiger partial charge in [0, 0.05) is 17.9 Å². The van der Waals surface area contributed by atoms with Crippen LogP contribution < -0.4 is 10.2 Å². The van der Waals surface area contributed by atoms with Crippen molar-refractivity contribution in [1.82, 2.24) is 9.97 Å². The normalized spacial score (nSPS) is 14.2. The topological polar surface area (TPSA) is 46.1 Å². The molecule has 1 unspecified atom stereocenters. The van der Waals surface area contributed by atoms with E-state index >= 15 is 0 Å². The van der Waals surface area contributed by atoms with Gasteiger partial charge in [0.2, 0.25) is 5.91 Å². The summed E-state index contributed by atoms with van der Waals surface area (Å²) < 4.78 is 42.1. The number of hydrogen-bond acceptors (Lipinski definition) is 3. The number of halogens is 3. The molecule has 0 radical (unpaired) electrons. The summed E-state index contributed by atoms with van der Waals surface area (Å²) in [4.78, 5) is 24.1. The van der Waals surface area contributed by atoms with Crippen LogP contribution in [0.2, 0.25) is 0 Å². The van der Waals surface area contributed by atoms with Crippen molar-refractivity contribution < 1.29 is 18.0 Å². The zero-order valence-electron chi connectivity index (χ0n) is 20.7. The minimum absolute atomic E-state index is 0.0799. The molecule has 36 heavy (non-hydrogen) atoms. The lowest BCUT2D eigenvalue weighted by atomic mass is 9.86. The summed E-state index contributed by atoms with van der Waals surface area (Å²) >= 11 is 0. The van der Waals surface area contributed by atoms with Crippen LogP contribution in [0.25, 0.3) is 11.3 Å². The van der Waals surface area contributed by atoms with Crippen LogP contribution in [0.1, 0.15) is 55.3 Å². The first-order valence-corrected chi connectivity index (χ1v) is 12.9. The number of carbonyl (C=O) groups is 1. The van der Waals surface area contributed by atoms with Crippen LogP contribution in [-0.2, 0) is 17.6 Å². The fourth-order valence-corrected chi connectivity index (χ4v) is 5.34. The number of aromatic nitrogens is 2. The Balaban J connectivity index is 1.63. The van der Waals surface area contributed by atoms with Gasteiger partial charge in [0.05, 0.1) is 24.0 Å². The Morgan fingerprint density at radius 2 is 1.75 bits per heavy atom. The van der Waals surface area contributed by atoms with E-state index in [1.54, 1.807) is 13.2 Å². The average molecular weight is 514 g/mol. The molecule has 1 atom stereocenters. The molecule has 0 N–H and O–H groups in total. The fraction of sp³-hybridized carbons (Fsp3) is 0.393. The monoisotopic (exact) mass is 513 g/mol. The van der Waals surface area contributed by atoms with Gasteiger partial charge in [-0.2, -0.15) is 0 Å². The molecule has 190 valence electrons. The molecule has 0 spiro atoms. The second-order valence-electron chi connectivity index (χ2n) is 9.52. The molecule has 1 fully saturated rings. The van der Waals surface area contributed by atoms with Crippen LogP contribution in [0.15, 0.2) is 36.5 Å². The molecular formula is C28H31F3N3OP. The Kier molecular flexibility index (Phi) is 8.40. The number of likely N-dealkylation sites (N-methyl/N-ethyl adjacent to an activating group) is 1. The molecule has 1 aromatic heterocycles. The fourth-order valence-electron chi connectivity index (χ4n) is 4.90. The first-order chi connectivity index (χ1) is 17.3. The van der Waals surface area contributed by atoms with Crippen molar-refractivity contribution in [1.29, 1.82) is 0 Å². The van der Waals surface area contributed by atoms with E-state index < -0.39 is 23.4 Å². The summed E-state index contributed by atoms with van der Waals surface area (Å²) in [6.45, 7) is 1.35. The van der Waals surface area contributed by atoms with Gasteiger partial charge in [-0.05, 0) is 36.8 Å². The van der Waals surface area contributed by atoms with Crippen LogP contribution in [-0.4, -0.2) is 22.9 Å². The molecule has 2 aromatic carbocycles. The maximum absolute atomic E-state index is 14.2. The molecule has 1 heterocycles. The van der Waals surface area contributed by atoms with Crippen molar-refractivity contribution in [3.63, 3.8) is 0 Å². The summed E-state index contributed by atoms with van der Waals surface area (Å²) in [5.74, 6) is -3.45. The first-order valence-electron chi connectivity index (χ1n) is 12.4. The molecule has 4 rings (SSSR count). The quantitative estimate of drug-likeness (QED) is 0.284. The van der Waals surface area contributed by atoms with Crippen LogP contribution >= 0.6 is 9.24 Å². The molecule has 1 amide bonds. The van der Waals surface area contributed by atoms with Crippen molar-refractivity contribution in [2.75, 3.05) is 11.9 Å². The van der Waals surface area contributed by atoms with Crippen molar-refractivity contribution in [3.8, 4) is 11.3 Å². The van der Waals surface area contributed by atoms with E-state index in [1.165, 1.54) is 43.9 Å². The summed E-state index contributed by atoms with van der Waals surface area (Å²) in [6, 6.07) is 9.73. The molecule has 1 saturated carbocycles. The minimum atomic E-state index is -1.53. The van der Waals surface area contributed by atoms with Crippen molar-refractivity contribution >= 4 is 26.3 Å². The third-order valence-electron chi connectivity index (χ3n) is 7.16. The number of nitrogens with zero attached hydrogens (tertiary/aromatic N) is 3. The number of aryl methyl sites for hydroxylation is 1. The molecule has 0 bridgehead atoms. The van der Waals surface area contributed by atoms with Crippen molar-refractivity contribution in [3.05, 3.63) is 70.8 Å². The molecule has 0 saturated heterocycles. The lowest BCUT2D eigenvalue weighted by Crippen LogP contribution is -2.32. The highest BCUT2D eigenvalue weighted by molar-refractivity contribution is 7.27. The van der Waals surface area contributed by atoms with Crippen LogP contribution in [0.3, 0.4) is 0 Å². The lowest BCUT2D eigenvalue weighted by molar-refractivity contribution is -0.117. The highest BCUT2D eigenvalue weighted by Crippen LogP contribution is 2.30. The second kappa shape index (κ2) is 11.5. The second-order valence-corrected chi connectivity index (χ2v) is 10.1.